The molecule has 1 amide bonds. The van der Waals surface area contributed by atoms with Crippen molar-refractivity contribution in [1.29, 1.82) is 0 Å². The molecule has 0 aliphatic carbocycles. The van der Waals surface area contributed by atoms with E-state index < -0.39 is 6.04 Å². The van der Waals surface area contributed by atoms with Crippen LogP contribution < -0.4 is 29.7 Å². The first kappa shape index (κ1) is 25.5. The highest BCUT2D eigenvalue weighted by molar-refractivity contribution is 7.07. The molecule has 1 N–H and O–H groups in total. The van der Waals surface area contributed by atoms with Gasteiger partial charge in [0.15, 0.2) is 4.80 Å². The lowest BCUT2D eigenvalue weighted by Gasteiger charge is -2.25. The predicted molar refractivity (Wildman–Crippen MR) is 150 cm³/mol. The summed E-state index contributed by atoms with van der Waals surface area (Å²) >= 11 is 7.42. The summed E-state index contributed by atoms with van der Waals surface area (Å²) in [5.41, 5.74) is 2.78. The summed E-state index contributed by atoms with van der Waals surface area (Å²) < 4.78 is 12.8. The Morgan fingerprint density at radius 1 is 1.05 bits per heavy atom. The third kappa shape index (κ3) is 4.88. The molecule has 0 saturated carbocycles. The Balaban J connectivity index is 1.67. The molecule has 0 unspecified atom stereocenters. The number of carbonyl (C=O) groups excluding carboxylic acids is 1. The third-order valence-corrected chi connectivity index (χ3v) is 7.45. The SMILES string of the molecule is COc1ccc(/C=c2/sc3n(c2=O)[C@@H](c2ccc(Cl)cc2)C(C(=O)Nc2ccccc2)=C(C)N=3)c(OC)c1. The number of aromatic nitrogens is 1. The number of rotatable bonds is 6. The number of amides is 1. The fourth-order valence-corrected chi connectivity index (χ4v) is 5.53. The van der Waals surface area contributed by atoms with Crippen molar-refractivity contribution in [2.24, 2.45) is 4.99 Å². The molecule has 4 aromatic rings. The van der Waals surface area contributed by atoms with Crippen molar-refractivity contribution in [3.05, 3.63) is 120 Å². The van der Waals surface area contributed by atoms with Gasteiger partial charge < -0.3 is 14.8 Å². The Morgan fingerprint density at radius 2 is 1.79 bits per heavy atom. The van der Waals surface area contributed by atoms with Gasteiger partial charge in [-0.3, -0.25) is 14.2 Å². The molecule has 9 heteroatoms. The van der Waals surface area contributed by atoms with E-state index in [1.165, 1.54) is 11.3 Å². The van der Waals surface area contributed by atoms with Crippen molar-refractivity contribution in [2.45, 2.75) is 13.0 Å². The van der Waals surface area contributed by atoms with Crippen molar-refractivity contribution < 1.29 is 14.3 Å². The van der Waals surface area contributed by atoms with Gasteiger partial charge in [-0.1, -0.05) is 53.3 Å². The van der Waals surface area contributed by atoms with Crippen LogP contribution in [0, 0.1) is 0 Å². The Bertz CT molecular complexity index is 1720. The highest BCUT2D eigenvalue weighted by Crippen LogP contribution is 2.31. The van der Waals surface area contributed by atoms with E-state index in [9.17, 15) is 9.59 Å². The van der Waals surface area contributed by atoms with E-state index in [1.807, 2.05) is 48.5 Å². The Labute approximate surface area is 228 Å². The monoisotopic (exact) mass is 545 g/mol. The maximum absolute atomic E-state index is 13.9. The molecule has 0 saturated heterocycles. The summed E-state index contributed by atoms with van der Waals surface area (Å²) in [7, 11) is 3.15. The molecule has 5 rings (SSSR count). The molecule has 0 spiro atoms. The van der Waals surface area contributed by atoms with Crippen LogP contribution in [0.25, 0.3) is 6.08 Å². The van der Waals surface area contributed by atoms with Crippen molar-refractivity contribution in [1.82, 2.24) is 4.57 Å². The van der Waals surface area contributed by atoms with Crippen LogP contribution in [0.3, 0.4) is 0 Å². The molecule has 0 bridgehead atoms. The lowest BCUT2D eigenvalue weighted by molar-refractivity contribution is -0.113. The molecule has 1 aliphatic heterocycles. The van der Waals surface area contributed by atoms with Crippen LogP contribution in [0.5, 0.6) is 11.5 Å². The van der Waals surface area contributed by atoms with Crippen LogP contribution in [-0.4, -0.2) is 24.7 Å². The van der Waals surface area contributed by atoms with Gasteiger partial charge in [0, 0.05) is 22.3 Å². The molecule has 2 heterocycles. The van der Waals surface area contributed by atoms with Crippen molar-refractivity contribution in [3.63, 3.8) is 0 Å². The van der Waals surface area contributed by atoms with E-state index in [-0.39, 0.29) is 11.5 Å². The molecule has 0 fully saturated rings. The molecule has 192 valence electrons. The number of anilines is 1. The standard InChI is InChI=1S/C29H24ClN3O4S/c1-17-25(27(34)32-21-7-5-4-6-8-21)26(18-9-12-20(30)13-10-18)33-28(35)24(38-29(33)31-17)15-19-11-14-22(36-2)16-23(19)37-3/h4-16,26H,1-3H3,(H,32,34)/b24-15+/t26-/m0/s1. The van der Waals surface area contributed by atoms with Gasteiger partial charge in [0.05, 0.1) is 36.1 Å². The van der Waals surface area contributed by atoms with Gasteiger partial charge in [0.2, 0.25) is 0 Å². The number of fused-ring (bicyclic) bond motifs is 1. The van der Waals surface area contributed by atoms with Gasteiger partial charge in [0.1, 0.15) is 11.5 Å². The molecule has 0 radical (unpaired) electrons. The second-order valence-corrected chi connectivity index (χ2v) is 10.0. The van der Waals surface area contributed by atoms with E-state index in [1.54, 1.807) is 56.1 Å². The maximum atomic E-state index is 13.9. The summed E-state index contributed by atoms with van der Waals surface area (Å²) in [4.78, 5) is 32.6. The number of allylic oxidation sites excluding steroid dienone is 1. The van der Waals surface area contributed by atoms with Crippen LogP contribution in [0.2, 0.25) is 5.02 Å². The van der Waals surface area contributed by atoms with E-state index in [0.29, 0.717) is 42.8 Å². The van der Waals surface area contributed by atoms with E-state index in [4.69, 9.17) is 21.1 Å². The molecule has 1 aromatic heterocycles. The van der Waals surface area contributed by atoms with Gasteiger partial charge in [0.25, 0.3) is 11.5 Å². The number of halogens is 1. The second-order valence-electron chi connectivity index (χ2n) is 8.56. The van der Waals surface area contributed by atoms with Crippen LogP contribution in [-0.2, 0) is 4.79 Å². The summed E-state index contributed by atoms with van der Waals surface area (Å²) in [6.45, 7) is 1.78. The summed E-state index contributed by atoms with van der Waals surface area (Å²) in [6.07, 6.45) is 1.77. The quantitative estimate of drug-likeness (QED) is 0.385. The smallest absolute Gasteiger partial charge is 0.271 e. The highest BCUT2D eigenvalue weighted by Gasteiger charge is 2.32. The predicted octanol–water partition coefficient (Wildman–Crippen LogP) is 4.54. The Kier molecular flexibility index (Phi) is 7.18. The van der Waals surface area contributed by atoms with Gasteiger partial charge in [-0.05, 0) is 55.0 Å². The lowest BCUT2D eigenvalue weighted by atomic mass is 9.95. The number of methoxy groups -OCH3 is 2. The second kappa shape index (κ2) is 10.7. The summed E-state index contributed by atoms with van der Waals surface area (Å²) in [5.74, 6) is 0.889. The average Bonchev–Trinajstić information content (AvgIpc) is 3.23. The zero-order valence-electron chi connectivity index (χ0n) is 20.9. The molecular formula is C29H24ClN3O4S. The summed E-state index contributed by atoms with van der Waals surface area (Å²) in [5, 5.41) is 3.50. The van der Waals surface area contributed by atoms with Crippen LogP contribution in [0.15, 0.2) is 93.9 Å². The molecular weight excluding hydrogens is 522 g/mol. The van der Waals surface area contributed by atoms with E-state index in [0.717, 1.165) is 11.1 Å². The van der Waals surface area contributed by atoms with Crippen LogP contribution >= 0.6 is 22.9 Å². The number of ether oxygens (including phenoxy) is 2. The number of carbonyl (C=O) groups is 1. The van der Waals surface area contributed by atoms with E-state index in [2.05, 4.69) is 10.3 Å². The van der Waals surface area contributed by atoms with Crippen molar-refractivity contribution in [3.8, 4) is 11.5 Å². The average molecular weight is 546 g/mol. The van der Waals surface area contributed by atoms with Gasteiger partial charge >= 0.3 is 0 Å². The minimum atomic E-state index is -0.688. The normalized spacial score (nSPS) is 15.1. The first-order valence-corrected chi connectivity index (χ1v) is 13.0. The lowest BCUT2D eigenvalue weighted by Crippen LogP contribution is -2.40. The number of para-hydroxylation sites is 1. The van der Waals surface area contributed by atoms with Crippen LogP contribution in [0.1, 0.15) is 24.1 Å². The number of nitrogens with zero attached hydrogens (tertiary/aromatic N) is 2. The Morgan fingerprint density at radius 3 is 2.47 bits per heavy atom. The zero-order chi connectivity index (χ0) is 26.8. The minimum absolute atomic E-state index is 0.260. The first-order valence-electron chi connectivity index (χ1n) is 11.8. The van der Waals surface area contributed by atoms with E-state index >= 15 is 0 Å². The number of hydrogen-bond acceptors (Lipinski definition) is 6. The zero-order valence-corrected chi connectivity index (χ0v) is 22.5. The van der Waals surface area contributed by atoms with Crippen molar-refractivity contribution in [2.75, 3.05) is 19.5 Å². The highest BCUT2D eigenvalue weighted by atomic mass is 35.5. The number of benzene rings is 3. The molecule has 3 aromatic carbocycles. The van der Waals surface area contributed by atoms with Gasteiger partial charge in [-0.15, -0.1) is 0 Å². The van der Waals surface area contributed by atoms with Crippen molar-refractivity contribution >= 4 is 40.6 Å². The first-order chi connectivity index (χ1) is 18.4. The number of nitrogens with one attached hydrogen (secondary N) is 1. The molecule has 1 aliphatic rings. The minimum Gasteiger partial charge on any atom is -0.497 e. The number of hydrogen-bond donors (Lipinski definition) is 1. The van der Waals surface area contributed by atoms with Crippen LogP contribution in [0.4, 0.5) is 5.69 Å². The maximum Gasteiger partial charge on any atom is 0.271 e. The largest absolute Gasteiger partial charge is 0.497 e. The topological polar surface area (TPSA) is 81.9 Å². The molecule has 7 nitrogen and oxygen atoms in total. The Hall–Kier alpha value is -4.14. The molecule has 38 heavy (non-hydrogen) atoms. The van der Waals surface area contributed by atoms with Gasteiger partial charge in [-0.25, -0.2) is 4.99 Å². The fourth-order valence-electron chi connectivity index (χ4n) is 4.37. The van der Waals surface area contributed by atoms with Gasteiger partial charge in [-0.2, -0.15) is 0 Å². The number of thiazole rings is 1. The third-order valence-electron chi connectivity index (χ3n) is 6.21. The molecule has 1 atom stereocenters. The summed E-state index contributed by atoms with van der Waals surface area (Å²) in [6, 6.07) is 21.0. The fraction of sp³-hybridized carbons (Fsp3) is 0.138.